The molecule has 0 radical (unpaired) electrons. The van der Waals surface area contributed by atoms with Crippen LogP contribution in [-0.2, 0) is 4.79 Å². The fourth-order valence-corrected chi connectivity index (χ4v) is 2.70. The van der Waals surface area contributed by atoms with Crippen LogP contribution < -0.4 is 10.6 Å². The molecule has 0 aliphatic carbocycles. The number of benzene rings is 1. The van der Waals surface area contributed by atoms with Gasteiger partial charge in [-0.2, -0.15) is 0 Å². The number of para-hydroxylation sites is 1. The number of rotatable bonds is 7. The van der Waals surface area contributed by atoms with Gasteiger partial charge < -0.3 is 10.6 Å². The molecule has 110 valence electrons. The van der Waals surface area contributed by atoms with E-state index in [1.165, 1.54) is 12.8 Å². The second-order valence-corrected chi connectivity index (χ2v) is 5.44. The van der Waals surface area contributed by atoms with Crippen LogP contribution in [0.3, 0.4) is 0 Å². The number of carbonyl (C=O) groups excluding carboxylic acids is 1. The molecule has 2 N–H and O–H groups in total. The molecule has 1 saturated heterocycles. The average Bonchev–Trinajstić information content (AvgIpc) is 2.93. The number of hydrogen-bond donors (Lipinski definition) is 2. The van der Waals surface area contributed by atoms with Crippen LogP contribution >= 0.6 is 0 Å². The molecule has 0 bridgehead atoms. The van der Waals surface area contributed by atoms with Crippen LogP contribution in [-0.4, -0.2) is 43.0 Å². The summed E-state index contributed by atoms with van der Waals surface area (Å²) in [5.74, 6) is 0.0719. The first-order chi connectivity index (χ1) is 9.78. The minimum atomic E-state index is 0.0719. The highest BCUT2D eigenvalue weighted by Crippen LogP contribution is 2.08. The van der Waals surface area contributed by atoms with Gasteiger partial charge in [-0.15, -0.1) is 0 Å². The first-order valence-electron chi connectivity index (χ1n) is 7.58. The van der Waals surface area contributed by atoms with Crippen molar-refractivity contribution >= 4 is 11.6 Å². The predicted octanol–water partition coefficient (Wildman–Crippen LogP) is 2.09. The summed E-state index contributed by atoms with van der Waals surface area (Å²) >= 11 is 0. The zero-order chi connectivity index (χ0) is 14.2. The van der Waals surface area contributed by atoms with Crippen molar-refractivity contribution < 1.29 is 4.79 Å². The molecule has 1 fully saturated rings. The maximum atomic E-state index is 12.1. The molecule has 0 saturated carbocycles. The summed E-state index contributed by atoms with van der Waals surface area (Å²) in [6, 6.07) is 10.2. The van der Waals surface area contributed by atoms with Gasteiger partial charge in [-0.1, -0.05) is 25.1 Å². The fourth-order valence-electron chi connectivity index (χ4n) is 2.70. The van der Waals surface area contributed by atoms with Crippen LogP contribution in [0.5, 0.6) is 0 Å². The Labute approximate surface area is 121 Å². The van der Waals surface area contributed by atoms with Crippen molar-refractivity contribution in [2.45, 2.75) is 32.2 Å². The molecule has 1 atom stereocenters. The second kappa shape index (κ2) is 8.02. The number of anilines is 1. The van der Waals surface area contributed by atoms with Gasteiger partial charge in [-0.25, -0.2) is 0 Å². The summed E-state index contributed by atoms with van der Waals surface area (Å²) in [6.45, 7) is 5.68. The SMILES string of the molecule is CCCN(CC(=O)Nc1ccccc1)CC1CCCN1. The zero-order valence-corrected chi connectivity index (χ0v) is 12.3. The molecular weight excluding hydrogens is 250 g/mol. The molecular formula is C16H25N3O. The average molecular weight is 275 g/mol. The van der Waals surface area contributed by atoms with Gasteiger partial charge in [0.05, 0.1) is 6.54 Å². The van der Waals surface area contributed by atoms with Crippen LogP contribution in [0.4, 0.5) is 5.69 Å². The maximum Gasteiger partial charge on any atom is 0.238 e. The monoisotopic (exact) mass is 275 g/mol. The lowest BCUT2D eigenvalue weighted by atomic mass is 10.2. The Morgan fingerprint density at radius 2 is 2.20 bits per heavy atom. The van der Waals surface area contributed by atoms with Crippen LogP contribution in [0.15, 0.2) is 30.3 Å². The first kappa shape index (κ1) is 15.0. The van der Waals surface area contributed by atoms with Crippen molar-refractivity contribution in [1.29, 1.82) is 0 Å². The van der Waals surface area contributed by atoms with Gasteiger partial charge in [0.25, 0.3) is 0 Å². The highest BCUT2D eigenvalue weighted by atomic mass is 16.2. The van der Waals surface area contributed by atoms with Gasteiger partial charge in [0.2, 0.25) is 5.91 Å². The largest absolute Gasteiger partial charge is 0.325 e. The molecule has 1 aliphatic rings. The van der Waals surface area contributed by atoms with Crippen LogP contribution in [0.1, 0.15) is 26.2 Å². The number of nitrogens with zero attached hydrogens (tertiary/aromatic N) is 1. The minimum absolute atomic E-state index is 0.0719. The van der Waals surface area contributed by atoms with E-state index in [1.54, 1.807) is 0 Å². The van der Waals surface area contributed by atoms with E-state index in [1.807, 2.05) is 30.3 Å². The molecule has 4 nitrogen and oxygen atoms in total. The Morgan fingerprint density at radius 1 is 1.40 bits per heavy atom. The maximum absolute atomic E-state index is 12.1. The summed E-state index contributed by atoms with van der Waals surface area (Å²) in [5, 5.41) is 6.45. The van der Waals surface area contributed by atoms with E-state index in [0.29, 0.717) is 12.6 Å². The van der Waals surface area contributed by atoms with Gasteiger partial charge in [0, 0.05) is 18.3 Å². The van der Waals surface area contributed by atoms with Crippen molar-refractivity contribution in [3.63, 3.8) is 0 Å². The van der Waals surface area contributed by atoms with Gasteiger partial charge in [0.1, 0.15) is 0 Å². The molecule has 1 heterocycles. The number of carbonyl (C=O) groups is 1. The van der Waals surface area contributed by atoms with Gasteiger partial charge in [0.15, 0.2) is 0 Å². The Kier molecular flexibility index (Phi) is 6.02. The third-order valence-corrected chi connectivity index (χ3v) is 3.61. The zero-order valence-electron chi connectivity index (χ0n) is 12.3. The third kappa shape index (κ3) is 4.94. The fraction of sp³-hybridized carbons (Fsp3) is 0.562. The van der Waals surface area contributed by atoms with Crippen molar-refractivity contribution in [2.24, 2.45) is 0 Å². The smallest absolute Gasteiger partial charge is 0.238 e. The van der Waals surface area contributed by atoms with Crippen molar-refractivity contribution in [1.82, 2.24) is 10.2 Å². The Bertz CT molecular complexity index is 401. The highest BCUT2D eigenvalue weighted by Gasteiger charge is 2.19. The van der Waals surface area contributed by atoms with Gasteiger partial charge in [-0.3, -0.25) is 9.69 Å². The Balaban J connectivity index is 1.81. The topological polar surface area (TPSA) is 44.4 Å². The second-order valence-electron chi connectivity index (χ2n) is 5.44. The van der Waals surface area contributed by atoms with Crippen LogP contribution in [0.25, 0.3) is 0 Å². The molecule has 1 unspecified atom stereocenters. The van der Waals surface area contributed by atoms with E-state index in [0.717, 1.165) is 31.7 Å². The van der Waals surface area contributed by atoms with E-state index < -0.39 is 0 Å². The predicted molar refractivity (Wildman–Crippen MR) is 82.8 cm³/mol. The molecule has 0 spiro atoms. The first-order valence-corrected chi connectivity index (χ1v) is 7.58. The number of nitrogens with one attached hydrogen (secondary N) is 2. The lowest BCUT2D eigenvalue weighted by Crippen LogP contribution is -2.41. The molecule has 1 aliphatic heterocycles. The summed E-state index contributed by atoms with van der Waals surface area (Å²) in [4.78, 5) is 14.3. The van der Waals surface area contributed by atoms with E-state index in [2.05, 4.69) is 22.5 Å². The quantitative estimate of drug-likeness (QED) is 0.801. The Morgan fingerprint density at radius 3 is 2.85 bits per heavy atom. The summed E-state index contributed by atoms with van der Waals surface area (Å²) in [5.41, 5.74) is 0.868. The molecule has 1 aromatic rings. The lowest BCUT2D eigenvalue weighted by Gasteiger charge is -2.24. The van der Waals surface area contributed by atoms with Gasteiger partial charge in [-0.05, 0) is 44.5 Å². The number of hydrogen-bond acceptors (Lipinski definition) is 3. The summed E-state index contributed by atoms with van der Waals surface area (Å²) in [6.07, 6.45) is 3.55. The van der Waals surface area contributed by atoms with Crippen LogP contribution in [0.2, 0.25) is 0 Å². The summed E-state index contributed by atoms with van der Waals surface area (Å²) < 4.78 is 0. The highest BCUT2D eigenvalue weighted by molar-refractivity contribution is 5.92. The normalized spacial score (nSPS) is 18.4. The molecule has 1 aromatic carbocycles. The lowest BCUT2D eigenvalue weighted by molar-refractivity contribution is -0.117. The molecule has 4 heteroatoms. The van der Waals surface area contributed by atoms with E-state index >= 15 is 0 Å². The van der Waals surface area contributed by atoms with Crippen LogP contribution in [0, 0.1) is 0 Å². The van der Waals surface area contributed by atoms with Gasteiger partial charge >= 0.3 is 0 Å². The van der Waals surface area contributed by atoms with E-state index in [-0.39, 0.29) is 5.91 Å². The molecule has 2 rings (SSSR count). The van der Waals surface area contributed by atoms with Crippen molar-refractivity contribution in [3.8, 4) is 0 Å². The Hall–Kier alpha value is -1.39. The standard InChI is InChI=1S/C16H25N3O/c1-2-11-19(12-15-9-6-10-17-15)13-16(20)18-14-7-4-3-5-8-14/h3-5,7-8,15,17H,2,6,9-13H2,1H3,(H,18,20). The third-order valence-electron chi connectivity index (χ3n) is 3.61. The summed E-state index contributed by atoms with van der Waals surface area (Å²) in [7, 11) is 0. The van der Waals surface area contributed by atoms with E-state index in [9.17, 15) is 4.79 Å². The van der Waals surface area contributed by atoms with Crippen molar-refractivity contribution in [3.05, 3.63) is 30.3 Å². The minimum Gasteiger partial charge on any atom is -0.325 e. The molecule has 20 heavy (non-hydrogen) atoms. The van der Waals surface area contributed by atoms with E-state index in [4.69, 9.17) is 0 Å². The molecule has 0 aromatic heterocycles. The molecule has 1 amide bonds. The number of amides is 1. The van der Waals surface area contributed by atoms with Crippen molar-refractivity contribution in [2.75, 3.05) is 31.5 Å².